The monoisotopic (exact) mass is 398 g/mol. The van der Waals surface area contributed by atoms with Gasteiger partial charge in [-0.25, -0.2) is 0 Å². The van der Waals surface area contributed by atoms with Crippen molar-refractivity contribution in [1.29, 1.82) is 0 Å². The fourth-order valence-corrected chi connectivity index (χ4v) is 3.70. The first-order valence-electron chi connectivity index (χ1n) is 9.78. The summed E-state index contributed by atoms with van der Waals surface area (Å²) < 4.78 is 5.22. The second-order valence-electron chi connectivity index (χ2n) is 6.97. The van der Waals surface area contributed by atoms with Crippen LogP contribution in [0.5, 0.6) is 5.75 Å². The van der Waals surface area contributed by atoms with Crippen LogP contribution in [0.4, 0.5) is 5.69 Å². The van der Waals surface area contributed by atoms with Crippen LogP contribution >= 0.6 is 11.6 Å². The first-order chi connectivity index (χ1) is 13.7. The van der Waals surface area contributed by atoms with Crippen LogP contribution < -0.4 is 10.1 Å². The minimum absolute atomic E-state index is 0.0347. The molecular formula is C23H27ClN2O2. The average Bonchev–Trinajstić information content (AvgIpc) is 2.74. The molecule has 1 atom stereocenters. The number of rotatable bonds is 7. The number of amides is 1. The van der Waals surface area contributed by atoms with Crippen molar-refractivity contribution in [2.45, 2.75) is 31.7 Å². The number of nitrogens with one attached hydrogen (secondary N) is 1. The van der Waals surface area contributed by atoms with Gasteiger partial charge in [-0.2, -0.15) is 0 Å². The minimum Gasteiger partial charge on any atom is -0.497 e. The van der Waals surface area contributed by atoms with Gasteiger partial charge in [0, 0.05) is 23.8 Å². The largest absolute Gasteiger partial charge is 0.497 e. The van der Waals surface area contributed by atoms with Gasteiger partial charge in [0.1, 0.15) is 5.75 Å². The number of benzene rings is 2. The molecule has 2 aromatic rings. The van der Waals surface area contributed by atoms with E-state index in [0.717, 1.165) is 42.9 Å². The third kappa shape index (κ3) is 5.52. The Morgan fingerprint density at radius 2 is 1.86 bits per heavy atom. The summed E-state index contributed by atoms with van der Waals surface area (Å²) in [7, 11) is 1.65. The second-order valence-corrected chi connectivity index (χ2v) is 7.38. The van der Waals surface area contributed by atoms with Gasteiger partial charge in [-0.05, 0) is 67.7 Å². The number of methoxy groups -OCH3 is 1. The molecule has 1 saturated heterocycles. The molecule has 1 aliphatic heterocycles. The minimum atomic E-state index is -0.0347. The fourth-order valence-electron chi connectivity index (χ4n) is 3.43. The van der Waals surface area contributed by atoms with Crippen LogP contribution in [0.3, 0.4) is 0 Å². The van der Waals surface area contributed by atoms with E-state index in [9.17, 15) is 4.79 Å². The second kappa shape index (κ2) is 10.2. The zero-order chi connectivity index (χ0) is 19.8. The van der Waals surface area contributed by atoms with Gasteiger partial charge in [-0.15, -0.1) is 0 Å². The number of hydrogen-bond donors (Lipinski definition) is 1. The molecule has 0 aromatic heterocycles. The maximum Gasteiger partial charge on any atom is 0.246 e. The standard InChI is InChI=1S/C23H27ClN2O2/c1-28-19-14-12-18(13-15-19)25-22(20-8-3-4-9-21(20)24)10-7-11-23(27)26-16-5-2-6-17-26/h3-4,7-9,11-15,22,25H,2,5-6,10,16-17H2,1H3/b11-7+/t22-/m1/s1. The number of carbonyl (C=O) groups is 1. The average molecular weight is 399 g/mol. The van der Waals surface area contributed by atoms with Gasteiger partial charge >= 0.3 is 0 Å². The Bertz CT molecular complexity index is 799. The highest BCUT2D eigenvalue weighted by Crippen LogP contribution is 2.29. The summed E-state index contributed by atoms with van der Waals surface area (Å²) in [6, 6.07) is 15.6. The molecule has 28 heavy (non-hydrogen) atoms. The normalized spacial score (nSPS) is 15.4. The van der Waals surface area contributed by atoms with Gasteiger partial charge in [-0.1, -0.05) is 35.9 Å². The Balaban J connectivity index is 1.71. The quantitative estimate of drug-likeness (QED) is 0.629. The molecule has 4 nitrogen and oxygen atoms in total. The fraction of sp³-hybridized carbons (Fsp3) is 0.348. The molecule has 3 rings (SSSR count). The summed E-state index contributed by atoms with van der Waals surface area (Å²) in [6.45, 7) is 1.72. The summed E-state index contributed by atoms with van der Waals surface area (Å²) in [5, 5.41) is 4.24. The molecule has 0 saturated carbocycles. The summed E-state index contributed by atoms with van der Waals surface area (Å²) in [5.74, 6) is 0.911. The van der Waals surface area contributed by atoms with Gasteiger partial charge in [-0.3, -0.25) is 4.79 Å². The van der Waals surface area contributed by atoms with Crippen molar-refractivity contribution in [1.82, 2.24) is 4.90 Å². The topological polar surface area (TPSA) is 41.6 Å². The number of carbonyl (C=O) groups excluding carboxylic acids is 1. The lowest BCUT2D eigenvalue weighted by Crippen LogP contribution is -2.34. The van der Waals surface area contributed by atoms with E-state index in [2.05, 4.69) is 5.32 Å². The van der Waals surface area contributed by atoms with E-state index in [4.69, 9.17) is 16.3 Å². The SMILES string of the molecule is COc1ccc(N[C@H](C/C=C/C(=O)N2CCCCC2)c2ccccc2Cl)cc1. The van der Waals surface area contributed by atoms with Crippen molar-refractivity contribution in [3.8, 4) is 5.75 Å². The van der Waals surface area contributed by atoms with E-state index in [1.165, 1.54) is 6.42 Å². The molecule has 1 fully saturated rings. The van der Waals surface area contributed by atoms with Crippen LogP contribution in [0.25, 0.3) is 0 Å². The molecule has 1 heterocycles. The number of likely N-dealkylation sites (tertiary alicyclic amines) is 1. The van der Waals surface area contributed by atoms with Gasteiger partial charge in [0.05, 0.1) is 13.2 Å². The molecular weight excluding hydrogens is 372 g/mol. The summed E-state index contributed by atoms with van der Waals surface area (Å²) in [5.41, 5.74) is 1.98. The van der Waals surface area contributed by atoms with Crippen LogP contribution in [0, 0.1) is 0 Å². The summed E-state index contributed by atoms with van der Waals surface area (Å²) in [4.78, 5) is 14.3. The van der Waals surface area contributed by atoms with E-state index in [1.54, 1.807) is 13.2 Å². The molecule has 148 valence electrons. The smallest absolute Gasteiger partial charge is 0.246 e. The van der Waals surface area contributed by atoms with Gasteiger partial charge in [0.2, 0.25) is 5.91 Å². The number of halogens is 1. The van der Waals surface area contributed by atoms with Crippen LogP contribution in [-0.4, -0.2) is 31.0 Å². The van der Waals surface area contributed by atoms with Gasteiger partial charge in [0.15, 0.2) is 0 Å². The molecule has 2 aromatic carbocycles. The van der Waals surface area contributed by atoms with Crippen LogP contribution in [0.15, 0.2) is 60.7 Å². The Morgan fingerprint density at radius 3 is 2.54 bits per heavy atom. The Hall–Kier alpha value is -2.46. The molecule has 5 heteroatoms. The molecule has 0 bridgehead atoms. The number of ether oxygens (including phenoxy) is 1. The third-order valence-electron chi connectivity index (χ3n) is 5.01. The van der Waals surface area contributed by atoms with Crippen LogP contribution in [-0.2, 0) is 4.79 Å². The summed E-state index contributed by atoms with van der Waals surface area (Å²) >= 11 is 6.44. The predicted molar refractivity (Wildman–Crippen MR) is 115 cm³/mol. The van der Waals surface area contributed by atoms with E-state index in [0.29, 0.717) is 11.4 Å². The third-order valence-corrected chi connectivity index (χ3v) is 5.36. The summed E-state index contributed by atoms with van der Waals surface area (Å²) in [6.07, 6.45) is 7.72. The van der Waals surface area contributed by atoms with Crippen molar-refractivity contribution < 1.29 is 9.53 Å². The van der Waals surface area contributed by atoms with Crippen molar-refractivity contribution in [2.24, 2.45) is 0 Å². The Morgan fingerprint density at radius 1 is 1.14 bits per heavy atom. The maximum absolute atomic E-state index is 12.4. The molecule has 0 spiro atoms. The van der Waals surface area contributed by atoms with Crippen molar-refractivity contribution in [2.75, 3.05) is 25.5 Å². The van der Waals surface area contributed by atoms with E-state index in [1.807, 2.05) is 59.5 Å². The van der Waals surface area contributed by atoms with E-state index < -0.39 is 0 Å². The van der Waals surface area contributed by atoms with E-state index in [-0.39, 0.29) is 11.9 Å². The lowest BCUT2D eigenvalue weighted by Gasteiger charge is -2.25. The molecule has 0 unspecified atom stereocenters. The van der Waals surface area contributed by atoms with Gasteiger partial charge in [0.25, 0.3) is 0 Å². The maximum atomic E-state index is 12.4. The molecule has 1 aliphatic rings. The highest BCUT2D eigenvalue weighted by atomic mass is 35.5. The number of hydrogen-bond acceptors (Lipinski definition) is 3. The first kappa shape index (κ1) is 20.3. The zero-order valence-corrected chi connectivity index (χ0v) is 17.0. The zero-order valence-electron chi connectivity index (χ0n) is 16.2. The first-order valence-corrected chi connectivity index (χ1v) is 10.2. The van der Waals surface area contributed by atoms with Crippen LogP contribution in [0.2, 0.25) is 5.02 Å². The number of nitrogens with zero attached hydrogens (tertiary/aromatic N) is 1. The Labute approximate surface area is 172 Å². The molecule has 0 radical (unpaired) electrons. The molecule has 0 aliphatic carbocycles. The van der Waals surface area contributed by atoms with Crippen LogP contribution in [0.1, 0.15) is 37.3 Å². The van der Waals surface area contributed by atoms with Gasteiger partial charge < -0.3 is 15.0 Å². The lowest BCUT2D eigenvalue weighted by atomic mass is 10.0. The van der Waals surface area contributed by atoms with Crippen molar-refractivity contribution in [3.05, 3.63) is 71.3 Å². The Kier molecular flexibility index (Phi) is 7.38. The highest BCUT2D eigenvalue weighted by Gasteiger charge is 2.16. The molecule has 1 N–H and O–H groups in total. The van der Waals surface area contributed by atoms with Crippen molar-refractivity contribution in [3.63, 3.8) is 0 Å². The predicted octanol–water partition coefficient (Wildman–Crippen LogP) is 5.46. The van der Waals surface area contributed by atoms with E-state index >= 15 is 0 Å². The number of piperidine rings is 1. The lowest BCUT2D eigenvalue weighted by molar-refractivity contribution is -0.126. The number of anilines is 1. The van der Waals surface area contributed by atoms with Crippen molar-refractivity contribution >= 4 is 23.2 Å². The molecule has 1 amide bonds. The highest BCUT2D eigenvalue weighted by molar-refractivity contribution is 6.31.